The summed E-state index contributed by atoms with van der Waals surface area (Å²) in [5, 5.41) is 0. The molecule has 1 aliphatic heterocycles. The Bertz CT molecular complexity index is 1190. The van der Waals surface area contributed by atoms with Gasteiger partial charge in [-0.05, 0) is 30.7 Å². The summed E-state index contributed by atoms with van der Waals surface area (Å²) in [6, 6.07) is 5.97. The Hall–Kier alpha value is -3.47. The zero-order chi connectivity index (χ0) is 20.0. The Morgan fingerprint density at radius 1 is 1.25 bits per heavy atom. The third-order valence-electron chi connectivity index (χ3n) is 4.82. The number of anilines is 2. The number of fused-ring (bicyclic) bond motifs is 3. The number of imidazole rings is 1. The van der Waals surface area contributed by atoms with Crippen molar-refractivity contribution in [3.05, 3.63) is 50.9 Å². The molecule has 0 saturated carbocycles. The van der Waals surface area contributed by atoms with Crippen molar-refractivity contribution in [1.29, 1.82) is 0 Å². The van der Waals surface area contributed by atoms with Crippen LogP contribution in [0.3, 0.4) is 0 Å². The van der Waals surface area contributed by atoms with Crippen molar-refractivity contribution in [1.82, 2.24) is 24.1 Å². The van der Waals surface area contributed by atoms with E-state index in [4.69, 9.17) is 5.84 Å². The summed E-state index contributed by atoms with van der Waals surface area (Å²) >= 11 is 0. The minimum Gasteiger partial charge on any atom is -0.312 e. The van der Waals surface area contributed by atoms with Gasteiger partial charge in [-0.3, -0.25) is 19.6 Å². The number of nitrogens with zero attached hydrogens (tertiary/aromatic N) is 5. The highest BCUT2D eigenvalue weighted by Crippen LogP contribution is 2.30. The van der Waals surface area contributed by atoms with Gasteiger partial charge in [0.2, 0.25) is 5.95 Å². The van der Waals surface area contributed by atoms with Gasteiger partial charge in [0, 0.05) is 25.8 Å². The van der Waals surface area contributed by atoms with Gasteiger partial charge in [0.05, 0.1) is 0 Å². The number of hydrazine groups is 1. The van der Waals surface area contributed by atoms with Crippen LogP contribution in [0.5, 0.6) is 0 Å². The lowest BCUT2D eigenvalue weighted by atomic mass is 10.2. The predicted octanol–water partition coefficient (Wildman–Crippen LogP) is -0.432. The molecule has 2 aromatic heterocycles. The topological polar surface area (TPSA) is 120 Å². The van der Waals surface area contributed by atoms with E-state index in [1.807, 2.05) is 10.3 Å². The van der Waals surface area contributed by atoms with E-state index in [0.717, 1.165) is 16.7 Å². The molecule has 11 heteroatoms. The van der Waals surface area contributed by atoms with Crippen LogP contribution in [0.15, 0.2) is 33.9 Å². The van der Waals surface area contributed by atoms with Crippen molar-refractivity contribution >= 4 is 28.7 Å². The fourth-order valence-electron chi connectivity index (χ4n) is 3.46. The number of nitrogens with two attached hydrogens (primary N) is 1. The second-order valence-corrected chi connectivity index (χ2v) is 6.52. The number of aromatic nitrogens is 4. The third-order valence-corrected chi connectivity index (χ3v) is 4.82. The van der Waals surface area contributed by atoms with Crippen LogP contribution in [0, 0.1) is 5.82 Å². The van der Waals surface area contributed by atoms with Gasteiger partial charge in [-0.15, -0.1) is 0 Å². The fourth-order valence-corrected chi connectivity index (χ4v) is 3.46. The van der Waals surface area contributed by atoms with Crippen LogP contribution >= 0.6 is 0 Å². The molecular formula is C17H18FN7O3. The lowest BCUT2D eigenvalue weighted by molar-refractivity contribution is -0.121. The molecule has 0 bridgehead atoms. The molecule has 0 atom stereocenters. The van der Waals surface area contributed by atoms with Gasteiger partial charge >= 0.3 is 5.69 Å². The molecular weight excluding hydrogens is 369 g/mol. The monoisotopic (exact) mass is 387 g/mol. The van der Waals surface area contributed by atoms with Gasteiger partial charge in [0.15, 0.2) is 11.2 Å². The van der Waals surface area contributed by atoms with Crippen molar-refractivity contribution in [2.24, 2.45) is 12.9 Å². The molecule has 0 saturated heterocycles. The van der Waals surface area contributed by atoms with Crippen LogP contribution in [-0.4, -0.2) is 31.1 Å². The Morgan fingerprint density at radius 2 is 1.96 bits per heavy atom. The molecule has 1 amide bonds. The first-order valence-electron chi connectivity index (χ1n) is 8.65. The number of hydrogen-bond donors (Lipinski definition) is 2. The van der Waals surface area contributed by atoms with E-state index in [-0.39, 0.29) is 17.0 Å². The molecule has 0 fully saturated rings. The molecule has 1 aromatic carbocycles. The average Bonchev–Trinajstić information content (AvgIpc) is 3.10. The summed E-state index contributed by atoms with van der Waals surface area (Å²) in [7, 11) is 1.49. The van der Waals surface area contributed by atoms with Crippen molar-refractivity contribution in [2.45, 2.75) is 19.5 Å². The number of halogens is 1. The van der Waals surface area contributed by atoms with E-state index >= 15 is 0 Å². The molecule has 3 N–H and O–H groups in total. The summed E-state index contributed by atoms with van der Waals surface area (Å²) in [5.74, 6) is 4.56. The van der Waals surface area contributed by atoms with Crippen LogP contribution in [0.25, 0.3) is 11.2 Å². The van der Waals surface area contributed by atoms with E-state index in [1.54, 1.807) is 16.7 Å². The maximum Gasteiger partial charge on any atom is 0.332 e. The smallest absolute Gasteiger partial charge is 0.312 e. The zero-order valence-electron chi connectivity index (χ0n) is 15.1. The number of carbonyl (C=O) groups is 1. The Kier molecular flexibility index (Phi) is 4.23. The van der Waals surface area contributed by atoms with Crippen LogP contribution in [0.2, 0.25) is 0 Å². The minimum atomic E-state index is -0.662. The zero-order valence-corrected chi connectivity index (χ0v) is 15.1. The number of rotatable bonds is 3. The highest BCUT2D eigenvalue weighted by atomic mass is 19.1. The van der Waals surface area contributed by atoms with Crippen molar-refractivity contribution in [3.8, 4) is 0 Å². The van der Waals surface area contributed by atoms with Gasteiger partial charge in [-0.2, -0.15) is 4.98 Å². The van der Waals surface area contributed by atoms with Crippen LogP contribution in [0.1, 0.15) is 6.42 Å². The molecule has 0 radical (unpaired) electrons. The van der Waals surface area contributed by atoms with Gasteiger partial charge in [0.1, 0.15) is 12.4 Å². The number of nitrogens with one attached hydrogen (secondary N) is 1. The molecule has 1 aliphatic rings. The largest absolute Gasteiger partial charge is 0.332 e. The maximum atomic E-state index is 13.3. The molecule has 28 heavy (non-hydrogen) atoms. The van der Waals surface area contributed by atoms with E-state index in [0.29, 0.717) is 19.0 Å². The molecule has 0 aliphatic carbocycles. The molecule has 146 valence electrons. The summed E-state index contributed by atoms with van der Waals surface area (Å²) in [4.78, 5) is 43.5. The highest BCUT2D eigenvalue weighted by molar-refractivity contribution is 5.78. The fraction of sp³-hybridized carbons (Fsp3) is 0.294. The predicted molar refractivity (Wildman–Crippen MR) is 99.6 cm³/mol. The quantitative estimate of drug-likeness (QED) is 0.357. The first-order valence-corrected chi connectivity index (χ1v) is 8.65. The van der Waals surface area contributed by atoms with Crippen molar-refractivity contribution in [2.75, 3.05) is 11.4 Å². The first-order chi connectivity index (χ1) is 13.4. The van der Waals surface area contributed by atoms with Gasteiger partial charge < -0.3 is 9.47 Å². The summed E-state index contributed by atoms with van der Waals surface area (Å²) in [5.41, 5.74) is 1.83. The summed E-state index contributed by atoms with van der Waals surface area (Å²) in [6.45, 7) is 0.673. The van der Waals surface area contributed by atoms with E-state index in [9.17, 15) is 18.8 Å². The number of carbonyl (C=O) groups excluding carboxylic acids is 1. The molecule has 3 aromatic rings. The van der Waals surface area contributed by atoms with Crippen LogP contribution in [0.4, 0.5) is 16.0 Å². The molecule has 0 unspecified atom stereocenters. The third kappa shape index (κ3) is 2.67. The van der Waals surface area contributed by atoms with Crippen LogP contribution < -0.4 is 27.4 Å². The highest BCUT2D eigenvalue weighted by Gasteiger charge is 2.27. The first kappa shape index (κ1) is 17.9. The second kappa shape index (κ2) is 6.60. The Labute approximate surface area is 157 Å². The molecule has 10 nitrogen and oxygen atoms in total. The number of benzene rings is 1. The summed E-state index contributed by atoms with van der Waals surface area (Å²) < 4.78 is 17.1. The van der Waals surface area contributed by atoms with Crippen LogP contribution in [-0.2, 0) is 24.9 Å². The Balaban J connectivity index is 1.95. The average molecular weight is 387 g/mol. The van der Waals surface area contributed by atoms with E-state index in [2.05, 4.69) is 4.98 Å². The van der Waals surface area contributed by atoms with Gasteiger partial charge in [-0.1, -0.05) is 0 Å². The standard InChI is InChI=1S/C17H18FN7O3/c1-22-14-13(15(27)25(17(22)28)9-12(26)21-19)24-8-2-7-23(16(24)20-14)11-5-3-10(18)4-6-11/h3-6H,2,7-9,19H2,1H3,(H,21,26). The number of hydrogen-bond acceptors (Lipinski definition) is 6. The van der Waals surface area contributed by atoms with Gasteiger partial charge in [0.25, 0.3) is 11.5 Å². The minimum absolute atomic E-state index is 0.225. The summed E-state index contributed by atoms with van der Waals surface area (Å²) in [6.07, 6.45) is 0.724. The number of aryl methyl sites for hydroxylation is 2. The normalized spacial score (nSPS) is 13.6. The van der Waals surface area contributed by atoms with Gasteiger partial charge in [-0.25, -0.2) is 19.6 Å². The lowest BCUT2D eigenvalue weighted by Gasteiger charge is -2.29. The lowest BCUT2D eigenvalue weighted by Crippen LogP contribution is -2.45. The van der Waals surface area contributed by atoms with Crippen molar-refractivity contribution < 1.29 is 9.18 Å². The molecule has 3 heterocycles. The number of amides is 1. The molecule has 0 spiro atoms. The SMILES string of the molecule is Cn1c(=O)n(CC(=O)NN)c(=O)c2c1nc1n2CCCN1c1ccc(F)cc1. The van der Waals surface area contributed by atoms with Crippen molar-refractivity contribution in [3.63, 3.8) is 0 Å². The second-order valence-electron chi connectivity index (χ2n) is 6.52. The molecule has 4 rings (SSSR count). The maximum absolute atomic E-state index is 13.3. The van der Waals surface area contributed by atoms with E-state index < -0.39 is 23.7 Å². The Morgan fingerprint density at radius 3 is 2.64 bits per heavy atom. The van der Waals surface area contributed by atoms with E-state index in [1.165, 1.54) is 23.7 Å².